The van der Waals surface area contributed by atoms with E-state index in [-0.39, 0.29) is 6.04 Å². The van der Waals surface area contributed by atoms with Gasteiger partial charge in [0, 0.05) is 29.5 Å². The van der Waals surface area contributed by atoms with Gasteiger partial charge in [-0.05, 0) is 31.5 Å². The summed E-state index contributed by atoms with van der Waals surface area (Å²) in [5.74, 6) is 0. The van der Waals surface area contributed by atoms with Crippen molar-refractivity contribution in [2.45, 2.75) is 32.5 Å². The first kappa shape index (κ1) is 13.1. The Morgan fingerprint density at radius 1 is 1.28 bits per heavy atom. The van der Waals surface area contributed by atoms with Crippen molar-refractivity contribution in [1.29, 1.82) is 0 Å². The molecule has 0 radical (unpaired) electrons. The lowest BCUT2D eigenvalue weighted by atomic mass is 10.1. The average molecular weight is 264 g/mol. The van der Waals surface area contributed by atoms with Gasteiger partial charge in [0.25, 0.3) is 0 Å². The van der Waals surface area contributed by atoms with Crippen molar-refractivity contribution in [2.75, 3.05) is 0 Å². The van der Waals surface area contributed by atoms with Crippen LogP contribution in [0.15, 0.2) is 42.7 Å². The second-order valence-corrected chi connectivity index (χ2v) is 4.95. The lowest BCUT2D eigenvalue weighted by molar-refractivity contribution is 0.413. The minimum absolute atomic E-state index is 0.226. The summed E-state index contributed by atoms with van der Waals surface area (Å²) in [6.07, 6.45) is 3.77. The normalized spacial score (nSPS) is 14.4. The van der Waals surface area contributed by atoms with Gasteiger partial charge in [-0.1, -0.05) is 29.8 Å². The van der Waals surface area contributed by atoms with Crippen molar-refractivity contribution in [3.05, 3.63) is 53.3 Å². The molecule has 18 heavy (non-hydrogen) atoms. The van der Waals surface area contributed by atoms with Crippen molar-refractivity contribution in [1.82, 2.24) is 15.1 Å². The van der Waals surface area contributed by atoms with E-state index in [2.05, 4.69) is 30.3 Å². The molecule has 2 rings (SSSR count). The maximum Gasteiger partial charge on any atom is 0.0560 e. The topological polar surface area (TPSA) is 29.9 Å². The third-order valence-electron chi connectivity index (χ3n) is 2.93. The lowest BCUT2D eigenvalue weighted by Crippen LogP contribution is -2.32. The molecule has 0 bridgehead atoms. The fraction of sp³-hybridized carbons (Fsp3) is 0.357. The van der Waals surface area contributed by atoms with Gasteiger partial charge in [-0.3, -0.25) is 4.68 Å². The maximum atomic E-state index is 6.19. The molecular formula is C14H18ClN3. The van der Waals surface area contributed by atoms with E-state index in [1.807, 2.05) is 35.1 Å². The Morgan fingerprint density at radius 3 is 2.72 bits per heavy atom. The predicted octanol–water partition coefficient (Wildman–Crippen LogP) is 3.28. The molecule has 1 heterocycles. The van der Waals surface area contributed by atoms with Gasteiger partial charge in [-0.25, -0.2) is 0 Å². The van der Waals surface area contributed by atoms with Crippen LogP contribution in [0.2, 0.25) is 5.02 Å². The molecule has 0 aliphatic heterocycles. The molecule has 0 spiro atoms. The van der Waals surface area contributed by atoms with Crippen LogP contribution in [0.25, 0.3) is 0 Å². The first-order valence-corrected chi connectivity index (χ1v) is 6.52. The number of halogens is 1. The number of hydrogen-bond acceptors (Lipinski definition) is 2. The van der Waals surface area contributed by atoms with E-state index in [0.29, 0.717) is 6.04 Å². The summed E-state index contributed by atoms with van der Waals surface area (Å²) in [4.78, 5) is 0. The highest BCUT2D eigenvalue weighted by atomic mass is 35.5. The molecule has 0 amide bonds. The van der Waals surface area contributed by atoms with Crippen LogP contribution in [-0.2, 0) is 6.54 Å². The Morgan fingerprint density at radius 2 is 2.06 bits per heavy atom. The predicted molar refractivity (Wildman–Crippen MR) is 74.7 cm³/mol. The number of aromatic nitrogens is 2. The number of benzene rings is 1. The summed E-state index contributed by atoms with van der Waals surface area (Å²) in [7, 11) is 0. The van der Waals surface area contributed by atoms with Crippen LogP contribution in [0, 0.1) is 0 Å². The highest BCUT2D eigenvalue weighted by molar-refractivity contribution is 6.31. The van der Waals surface area contributed by atoms with E-state index >= 15 is 0 Å². The molecule has 0 aliphatic carbocycles. The van der Waals surface area contributed by atoms with Crippen LogP contribution < -0.4 is 5.32 Å². The van der Waals surface area contributed by atoms with Crippen LogP contribution >= 0.6 is 11.6 Å². The van der Waals surface area contributed by atoms with E-state index in [1.165, 1.54) is 0 Å². The van der Waals surface area contributed by atoms with Crippen LogP contribution in [0.4, 0.5) is 0 Å². The molecule has 1 aromatic heterocycles. The average Bonchev–Trinajstić information content (AvgIpc) is 2.82. The van der Waals surface area contributed by atoms with Gasteiger partial charge < -0.3 is 5.32 Å². The SMILES string of the molecule is CC(Cn1cccn1)NC(C)c1ccccc1Cl. The van der Waals surface area contributed by atoms with E-state index in [0.717, 1.165) is 17.1 Å². The number of hydrogen-bond donors (Lipinski definition) is 1. The van der Waals surface area contributed by atoms with Crippen LogP contribution in [0.1, 0.15) is 25.5 Å². The fourth-order valence-corrected chi connectivity index (χ4v) is 2.38. The summed E-state index contributed by atoms with van der Waals surface area (Å²) in [6, 6.07) is 10.4. The number of rotatable bonds is 5. The highest BCUT2D eigenvalue weighted by Crippen LogP contribution is 2.22. The number of nitrogens with zero attached hydrogens (tertiary/aromatic N) is 2. The van der Waals surface area contributed by atoms with Crippen molar-refractivity contribution in [3.8, 4) is 0 Å². The molecular weight excluding hydrogens is 246 g/mol. The Bertz CT molecular complexity index is 482. The summed E-state index contributed by atoms with van der Waals surface area (Å²) in [5.41, 5.74) is 1.13. The largest absolute Gasteiger partial charge is 0.306 e. The van der Waals surface area contributed by atoms with E-state index in [4.69, 9.17) is 11.6 Å². The van der Waals surface area contributed by atoms with Crippen molar-refractivity contribution >= 4 is 11.6 Å². The third-order valence-corrected chi connectivity index (χ3v) is 3.27. The zero-order chi connectivity index (χ0) is 13.0. The van der Waals surface area contributed by atoms with Crippen LogP contribution in [-0.4, -0.2) is 15.8 Å². The van der Waals surface area contributed by atoms with Gasteiger partial charge in [0.1, 0.15) is 0 Å². The first-order valence-electron chi connectivity index (χ1n) is 6.14. The second kappa shape index (κ2) is 6.03. The van der Waals surface area contributed by atoms with Gasteiger partial charge in [0.05, 0.1) is 6.54 Å². The lowest BCUT2D eigenvalue weighted by Gasteiger charge is -2.21. The molecule has 0 saturated carbocycles. The third kappa shape index (κ3) is 3.34. The minimum Gasteiger partial charge on any atom is -0.306 e. The molecule has 0 saturated heterocycles. The quantitative estimate of drug-likeness (QED) is 0.897. The van der Waals surface area contributed by atoms with Crippen molar-refractivity contribution < 1.29 is 0 Å². The van der Waals surface area contributed by atoms with E-state index in [1.54, 1.807) is 6.20 Å². The molecule has 4 heteroatoms. The number of nitrogens with one attached hydrogen (secondary N) is 1. The summed E-state index contributed by atoms with van der Waals surface area (Å²) in [6.45, 7) is 5.12. The Kier molecular flexibility index (Phi) is 4.39. The highest BCUT2D eigenvalue weighted by Gasteiger charge is 2.12. The molecule has 1 aromatic carbocycles. The molecule has 0 fully saturated rings. The Labute approximate surface area is 113 Å². The fourth-order valence-electron chi connectivity index (χ4n) is 2.08. The van der Waals surface area contributed by atoms with Crippen LogP contribution in [0.3, 0.4) is 0 Å². The van der Waals surface area contributed by atoms with Gasteiger partial charge >= 0.3 is 0 Å². The summed E-state index contributed by atoms with van der Waals surface area (Å²) < 4.78 is 1.93. The molecule has 0 aliphatic rings. The molecule has 1 N–H and O–H groups in total. The zero-order valence-corrected chi connectivity index (χ0v) is 11.4. The second-order valence-electron chi connectivity index (χ2n) is 4.54. The summed E-state index contributed by atoms with van der Waals surface area (Å²) >= 11 is 6.19. The standard InChI is InChI=1S/C14H18ClN3/c1-11(10-18-9-5-8-16-18)17-12(2)13-6-3-4-7-14(13)15/h3-9,11-12,17H,10H2,1-2H3. The molecule has 3 nitrogen and oxygen atoms in total. The Balaban J connectivity index is 1.95. The van der Waals surface area contributed by atoms with Gasteiger partial charge in [0.2, 0.25) is 0 Å². The van der Waals surface area contributed by atoms with Gasteiger partial charge in [-0.15, -0.1) is 0 Å². The molecule has 2 unspecified atom stereocenters. The van der Waals surface area contributed by atoms with E-state index < -0.39 is 0 Å². The molecule has 96 valence electrons. The van der Waals surface area contributed by atoms with Gasteiger partial charge in [-0.2, -0.15) is 5.10 Å². The Hall–Kier alpha value is -1.32. The first-order chi connectivity index (χ1) is 8.66. The van der Waals surface area contributed by atoms with Gasteiger partial charge in [0.15, 0.2) is 0 Å². The molecule has 2 aromatic rings. The zero-order valence-electron chi connectivity index (χ0n) is 10.7. The van der Waals surface area contributed by atoms with Crippen LogP contribution in [0.5, 0.6) is 0 Å². The van der Waals surface area contributed by atoms with Crippen molar-refractivity contribution in [3.63, 3.8) is 0 Å². The molecule has 2 atom stereocenters. The van der Waals surface area contributed by atoms with E-state index in [9.17, 15) is 0 Å². The maximum absolute atomic E-state index is 6.19. The minimum atomic E-state index is 0.226. The van der Waals surface area contributed by atoms with Crippen molar-refractivity contribution in [2.24, 2.45) is 0 Å². The monoisotopic (exact) mass is 263 g/mol. The smallest absolute Gasteiger partial charge is 0.0560 e. The summed E-state index contributed by atoms with van der Waals surface area (Å²) in [5, 5.41) is 8.54.